The van der Waals surface area contributed by atoms with Gasteiger partial charge in [-0.05, 0) is 37.1 Å². The zero-order valence-corrected chi connectivity index (χ0v) is 16.8. The quantitative estimate of drug-likeness (QED) is 0.650. The summed E-state index contributed by atoms with van der Waals surface area (Å²) >= 11 is 0. The number of halogens is 3. The van der Waals surface area contributed by atoms with Crippen LogP contribution in [0.2, 0.25) is 0 Å². The lowest BCUT2D eigenvalue weighted by atomic mass is 9.93. The van der Waals surface area contributed by atoms with Crippen LogP contribution in [-0.4, -0.2) is 35.8 Å². The van der Waals surface area contributed by atoms with E-state index in [0.29, 0.717) is 5.69 Å². The third-order valence-corrected chi connectivity index (χ3v) is 5.40. The lowest BCUT2D eigenvalue weighted by Gasteiger charge is -2.34. The lowest BCUT2D eigenvalue weighted by Crippen LogP contribution is -2.46. The van der Waals surface area contributed by atoms with Gasteiger partial charge in [0.25, 0.3) is 5.91 Å². The Morgan fingerprint density at radius 1 is 1.06 bits per heavy atom. The van der Waals surface area contributed by atoms with E-state index in [-0.39, 0.29) is 6.04 Å². The molecule has 1 aromatic carbocycles. The number of hydrogen-bond acceptors (Lipinski definition) is 5. The van der Waals surface area contributed by atoms with Gasteiger partial charge in [0.2, 0.25) is 5.60 Å². The second kappa shape index (κ2) is 9.55. The summed E-state index contributed by atoms with van der Waals surface area (Å²) in [7, 11) is 0. The molecule has 1 fully saturated rings. The van der Waals surface area contributed by atoms with Crippen molar-refractivity contribution in [2.45, 2.75) is 56.3 Å². The van der Waals surface area contributed by atoms with Crippen molar-refractivity contribution in [3.63, 3.8) is 0 Å². The summed E-state index contributed by atoms with van der Waals surface area (Å²) in [5.41, 5.74) is -2.91. The van der Waals surface area contributed by atoms with Gasteiger partial charge in [0.1, 0.15) is 5.76 Å². The van der Waals surface area contributed by atoms with E-state index < -0.39 is 42.4 Å². The van der Waals surface area contributed by atoms with Crippen molar-refractivity contribution < 1.29 is 37.0 Å². The van der Waals surface area contributed by atoms with Crippen LogP contribution in [0.5, 0.6) is 0 Å². The Bertz CT molecular complexity index is 863. The van der Waals surface area contributed by atoms with Crippen LogP contribution in [0.3, 0.4) is 0 Å². The first kappa shape index (κ1) is 22.9. The molecule has 1 heterocycles. The third-order valence-electron chi connectivity index (χ3n) is 5.40. The van der Waals surface area contributed by atoms with Crippen molar-refractivity contribution >= 4 is 17.6 Å². The highest BCUT2D eigenvalue weighted by atomic mass is 19.4. The highest BCUT2D eigenvalue weighted by Crippen LogP contribution is 2.42. The smallest absolute Gasteiger partial charge is 0.425 e. The summed E-state index contributed by atoms with van der Waals surface area (Å²) in [4.78, 5) is 26.6. The van der Waals surface area contributed by atoms with E-state index in [0.717, 1.165) is 44.4 Å². The first-order chi connectivity index (χ1) is 14.7. The zero-order valence-electron chi connectivity index (χ0n) is 16.8. The fourth-order valence-electron chi connectivity index (χ4n) is 3.80. The summed E-state index contributed by atoms with van der Waals surface area (Å²) in [6, 6.07) is 10.9. The fourth-order valence-corrected chi connectivity index (χ4v) is 3.80. The van der Waals surface area contributed by atoms with Crippen molar-refractivity contribution in [2.24, 2.45) is 0 Å². The normalized spacial score (nSPS) is 17.0. The molecule has 1 aromatic heterocycles. The number of aliphatic hydroxyl groups is 1. The average Bonchev–Trinajstić information content (AvgIpc) is 3.29. The van der Waals surface area contributed by atoms with Gasteiger partial charge in [-0.3, -0.25) is 9.59 Å². The van der Waals surface area contributed by atoms with Crippen LogP contribution in [0.4, 0.5) is 18.9 Å². The van der Waals surface area contributed by atoms with Crippen LogP contribution < -0.4 is 4.90 Å². The monoisotopic (exact) mass is 439 g/mol. The van der Waals surface area contributed by atoms with E-state index in [4.69, 9.17) is 4.74 Å². The van der Waals surface area contributed by atoms with Crippen LogP contribution in [0.15, 0.2) is 53.1 Å². The van der Waals surface area contributed by atoms with Crippen LogP contribution in [0.1, 0.15) is 44.3 Å². The molecule has 9 heteroatoms. The van der Waals surface area contributed by atoms with Gasteiger partial charge < -0.3 is 19.2 Å². The number of benzene rings is 1. The Kier molecular flexibility index (Phi) is 7.04. The Labute approximate surface area is 177 Å². The van der Waals surface area contributed by atoms with Gasteiger partial charge in [-0.2, -0.15) is 13.2 Å². The molecule has 31 heavy (non-hydrogen) atoms. The van der Waals surface area contributed by atoms with Gasteiger partial charge in [0.15, 0.2) is 6.61 Å². The maximum Gasteiger partial charge on any atom is 0.425 e. The molecule has 0 bridgehead atoms. The summed E-state index contributed by atoms with van der Waals surface area (Å²) < 4.78 is 49.8. The Morgan fingerprint density at radius 3 is 2.32 bits per heavy atom. The molecular formula is C22H24F3NO5. The molecule has 1 amide bonds. The molecule has 1 aliphatic rings. The second-order valence-corrected chi connectivity index (χ2v) is 7.56. The van der Waals surface area contributed by atoms with Crippen LogP contribution in [0, 0.1) is 0 Å². The molecule has 2 aromatic rings. The molecule has 1 atom stereocenters. The molecule has 6 nitrogen and oxygen atoms in total. The molecule has 0 radical (unpaired) electrons. The second-order valence-electron chi connectivity index (χ2n) is 7.56. The standard InChI is InChI=1S/C22H24F3NO5/c23-22(24,25)21(29,18-12-7-13-30-18)14-20(28)31-15-19(27)26(16-8-3-1-4-9-16)17-10-5-2-6-11-17/h1,3-4,7-9,12-13,17,29H,2,5-6,10-11,14-15H2/t21-/m0/s1. The van der Waals surface area contributed by atoms with Gasteiger partial charge >= 0.3 is 12.1 Å². The number of anilines is 1. The number of carbonyl (C=O) groups excluding carboxylic acids is 2. The number of rotatable bonds is 7. The molecule has 3 rings (SSSR count). The lowest BCUT2D eigenvalue weighted by molar-refractivity contribution is -0.275. The summed E-state index contributed by atoms with van der Waals surface area (Å²) in [5.74, 6) is -2.71. The number of carbonyl (C=O) groups is 2. The van der Waals surface area contributed by atoms with Crippen LogP contribution in [-0.2, 0) is 19.9 Å². The largest absolute Gasteiger partial charge is 0.466 e. The summed E-state index contributed by atoms with van der Waals surface area (Å²) in [6.45, 7) is -0.726. The SMILES string of the molecule is O=C(C[C@](O)(c1ccco1)C(F)(F)F)OCC(=O)N(c1ccccc1)C1CCCCC1. The van der Waals surface area contributed by atoms with Gasteiger partial charge in [0.05, 0.1) is 12.7 Å². The number of nitrogens with zero attached hydrogens (tertiary/aromatic N) is 1. The molecule has 1 aliphatic carbocycles. The van der Waals surface area contributed by atoms with Crippen molar-refractivity contribution in [1.82, 2.24) is 0 Å². The number of furan rings is 1. The maximum absolute atomic E-state index is 13.4. The number of alkyl halides is 3. The molecule has 0 spiro atoms. The topological polar surface area (TPSA) is 80.0 Å². The van der Waals surface area contributed by atoms with Crippen LogP contribution >= 0.6 is 0 Å². The van der Waals surface area contributed by atoms with E-state index in [1.54, 1.807) is 35.2 Å². The Morgan fingerprint density at radius 2 is 1.74 bits per heavy atom. The van der Waals surface area contributed by atoms with E-state index in [9.17, 15) is 27.9 Å². The highest BCUT2D eigenvalue weighted by molar-refractivity contribution is 5.95. The fraction of sp³-hybridized carbons (Fsp3) is 0.455. The predicted molar refractivity (Wildman–Crippen MR) is 105 cm³/mol. The molecule has 0 saturated heterocycles. The summed E-state index contributed by atoms with van der Waals surface area (Å²) in [6.07, 6.45) is -1.06. The first-order valence-electron chi connectivity index (χ1n) is 10.1. The van der Waals surface area contributed by atoms with Crippen molar-refractivity contribution in [2.75, 3.05) is 11.5 Å². The molecular weight excluding hydrogens is 415 g/mol. The number of para-hydroxylation sites is 1. The number of amides is 1. The number of hydrogen-bond donors (Lipinski definition) is 1. The van der Waals surface area contributed by atoms with Crippen LogP contribution in [0.25, 0.3) is 0 Å². The minimum atomic E-state index is -5.17. The molecule has 0 unspecified atom stereocenters. The molecule has 168 valence electrons. The highest BCUT2D eigenvalue weighted by Gasteiger charge is 2.58. The van der Waals surface area contributed by atoms with Crippen molar-refractivity contribution in [3.8, 4) is 0 Å². The van der Waals surface area contributed by atoms with Gasteiger partial charge in [0, 0.05) is 11.7 Å². The van der Waals surface area contributed by atoms with E-state index in [1.165, 1.54) is 6.07 Å². The average molecular weight is 439 g/mol. The van der Waals surface area contributed by atoms with E-state index in [2.05, 4.69) is 4.42 Å². The minimum absolute atomic E-state index is 0.0717. The maximum atomic E-state index is 13.4. The Hall–Kier alpha value is -2.81. The minimum Gasteiger partial charge on any atom is -0.466 e. The van der Waals surface area contributed by atoms with Crippen molar-refractivity contribution in [1.29, 1.82) is 0 Å². The zero-order chi connectivity index (χ0) is 22.5. The predicted octanol–water partition coefficient (Wildman–Crippen LogP) is 4.33. The third kappa shape index (κ3) is 5.28. The molecule has 1 saturated carbocycles. The van der Waals surface area contributed by atoms with Gasteiger partial charge in [-0.15, -0.1) is 0 Å². The number of esters is 1. The van der Waals surface area contributed by atoms with Crippen molar-refractivity contribution in [3.05, 3.63) is 54.5 Å². The first-order valence-corrected chi connectivity index (χ1v) is 10.1. The molecule has 0 aliphatic heterocycles. The number of ether oxygens (including phenoxy) is 1. The van der Waals surface area contributed by atoms with Gasteiger partial charge in [-0.25, -0.2) is 0 Å². The van der Waals surface area contributed by atoms with E-state index in [1.807, 2.05) is 0 Å². The van der Waals surface area contributed by atoms with Gasteiger partial charge in [-0.1, -0.05) is 37.5 Å². The summed E-state index contributed by atoms with van der Waals surface area (Å²) in [5, 5.41) is 10.1. The Balaban J connectivity index is 1.69. The molecule has 1 N–H and O–H groups in total. The van der Waals surface area contributed by atoms with E-state index >= 15 is 0 Å².